The Labute approximate surface area is 101 Å². The first kappa shape index (κ1) is 12.5. The van der Waals surface area contributed by atoms with E-state index in [1.54, 1.807) is 0 Å². The maximum absolute atomic E-state index is 5.90. The van der Waals surface area contributed by atoms with Crippen molar-refractivity contribution in [2.45, 2.75) is 38.4 Å². The Morgan fingerprint density at radius 1 is 1.53 bits per heavy atom. The van der Waals surface area contributed by atoms with Crippen LogP contribution in [0.5, 0.6) is 0 Å². The van der Waals surface area contributed by atoms with Crippen LogP contribution in [0, 0.1) is 0 Å². The quantitative estimate of drug-likeness (QED) is 0.825. The van der Waals surface area contributed by atoms with Crippen molar-refractivity contribution in [3.05, 3.63) is 11.7 Å². The molecule has 1 aromatic heterocycles. The molecule has 2 heterocycles. The number of rotatable bonds is 4. The Bertz CT molecular complexity index is 366. The van der Waals surface area contributed by atoms with Crippen molar-refractivity contribution in [1.29, 1.82) is 0 Å². The van der Waals surface area contributed by atoms with Crippen LogP contribution in [-0.4, -0.2) is 41.3 Å². The van der Waals surface area contributed by atoms with Gasteiger partial charge in [0.05, 0.1) is 18.7 Å². The van der Waals surface area contributed by atoms with Crippen LogP contribution in [0.2, 0.25) is 0 Å². The third-order valence-corrected chi connectivity index (χ3v) is 2.96. The summed E-state index contributed by atoms with van der Waals surface area (Å²) in [6.07, 6.45) is 1.06. The molecule has 1 aromatic rings. The molecule has 1 unspecified atom stereocenters. The molecule has 2 N–H and O–H groups in total. The van der Waals surface area contributed by atoms with Crippen molar-refractivity contribution in [3.8, 4) is 0 Å². The molecule has 0 saturated carbocycles. The molecule has 0 bridgehead atoms. The van der Waals surface area contributed by atoms with E-state index in [1.807, 2.05) is 20.9 Å². The molecule has 1 saturated heterocycles. The van der Waals surface area contributed by atoms with Gasteiger partial charge in [-0.25, -0.2) is 0 Å². The van der Waals surface area contributed by atoms with E-state index in [2.05, 4.69) is 15.0 Å². The standard InChI is InChI=1S/C11H20N4O2/c1-11(2,12)10-13-9(17-14-10)6-15(3)8-4-5-16-7-8/h8H,4-7,12H2,1-3H3. The molecule has 0 spiro atoms. The molecule has 1 aliphatic rings. The molecule has 0 amide bonds. The van der Waals surface area contributed by atoms with Crippen molar-refractivity contribution in [2.24, 2.45) is 5.73 Å². The number of nitrogens with two attached hydrogens (primary N) is 1. The van der Waals surface area contributed by atoms with Crippen molar-refractivity contribution in [2.75, 3.05) is 20.3 Å². The Balaban J connectivity index is 1.96. The van der Waals surface area contributed by atoms with Crippen molar-refractivity contribution >= 4 is 0 Å². The molecule has 96 valence electrons. The minimum atomic E-state index is -0.559. The van der Waals surface area contributed by atoms with Crippen LogP contribution in [0.3, 0.4) is 0 Å². The molecule has 0 aliphatic carbocycles. The van der Waals surface area contributed by atoms with Crippen LogP contribution in [0.25, 0.3) is 0 Å². The predicted octanol–water partition coefficient (Wildman–Crippen LogP) is 0.484. The van der Waals surface area contributed by atoms with E-state index in [9.17, 15) is 0 Å². The zero-order valence-corrected chi connectivity index (χ0v) is 10.6. The summed E-state index contributed by atoms with van der Waals surface area (Å²) in [5.41, 5.74) is 5.35. The summed E-state index contributed by atoms with van der Waals surface area (Å²) >= 11 is 0. The maximum Gasteiger partial charge on any atom is 0.240 e. The van der Waals surface area contributed by atoms with Crippen LogP contribution in [0.15, 0.2) is 4.52 Å². The number of ether oxygens (including phenoxy) is 1. The highest BCUT2D eigenvalue weighted by atomic mass is 16.5. The van der Waals surface area contributed by atoms with E-state index in [1.165, 1.54) is 0 Å². The minimum absolute atomic E-state index is 0.441. The van der Waals surface area contributed by atoms with E-state index >= 15 is 0 Å². The van der Waals surface area contributed by atoms with Crippen LogP contribution in [-0.2, 0) is 16.8 Å². The van der Waals surface area contributed by atoms with E-state index in [0.29, 0.717) is 24.3 Å². The second-order valence-electron chi connectivity index (χ2n) is 5.17. The van der Waals surface area contributed by atoms with E-state index in [0.717, 1.165) is 19.6 Å². The van der Waals surface area contributed by atoms with Crippen LogP contribution >= 0.6 is 0 Å². The summed E-state index contributed by atoms with van der Waals surface area (Å²) in [6.45, 7) is 5.96. The van der Waals surface area contributed by atoms with Crippen LogP contribution in [0.4, 0.5) is 0 Å². The van der Waals surface area contributed by atoms with Gasteiger partial charge >= 0.3 is 0 Å². The highest BCUT2D eigenvalue weighted by Gasteiger charge is 2.24. The number of likely N-dealkylation sites (N-methyl/N-ethyl adjacent to an activating group) is 1. The first-order valence-corrected chi connectivity index (χ1v) is 5.87. The van der Waals surface area contributed by atoms with Gasteiger partial charge in [0.1, 0.15) is 0 Å². The highest BCUT2D eigenvalue weighted by Crippen LogP contribution is 2.16. The molecule has 0 radical (unpaired) electrons. The Kier molecular flexibility index (Phi) is 3.46. The van der Waals surface area contributed by atoms with Crippen molar-refractivity contribution in [1.82, 2.24) is 15.0 Å². The summed E-state index contributed by atoms with van der Waals surface area (Å²) in [7, 11) is 2.04. The topological polar surface area (TPSA) is 77.4 Å². The first-order chi connectivity index (χ1) is 7.97. The van der Waals surface area contributed by atoms with Gasteiger partial charge in [0.2, 0.25) is 5.89 Å². The lowest BCUT2D eigenvalue weighted by Gasteiger charge is -2.20. The van der Waals surface area contributed by atoms with Gasteiger partial charge in [-0.2, -0.15) is 4.98 Å². The van der Waals surface area contributed by atoms with Gasteiger partial charge in [0.15, 0.2) is 5.82 Å². The Morgan fingerprint density at radius 2 is 2.29 bits per heavy atom. The Morgan fingerprint density at radius 3 is 2.82 bits per heavy atom. The smallest absolute Gasteiger partial charge is 0.240 e. The number of aromatic nitrogens is 2. The Hall–Kier alpha value is -0.980. The third-order valence-electron chi connectivity index (χ3n) is 2.96. The zero-order valence-electron chi connectivity index (χ0n) is 10.6. The predicted molar refractivity (Wildman–Crippen MR) is 62.2 cm³/mol. The fourth-order valence-electron chi connectivity index (χ4n) is 1.79. The van der Waals surface area contributed by atoms with Crippen molar-refractivity contribution in [3.63, 3.8) is 0 Å². The van der Waals surface area contributed by atoms with Crippen molar-refractivity contribution < 1.29 is 9.26 Å². The maximum atomic E-state index is 5.90. The van der Waals surface area contributed by atoms with E-state index in [4.69, 9.17) is 15.0 Å². The molecule has 1 atom stereocenters. The molecule has 6 nitrogen and oxygen atoms in total. The number of hydrogen-bond donors (Lipinski definition) is 1. The second kappa shape index (κ2) is 4.72. The third kappa shape index (κ3) is 3.02. The number of nitrogens with zero attached hydrogens (tertiary/aromatic N) is 3. The summed E-state index contributed by atoms with van der Waals surface area (Å²) in [6, 6.07) is 0.441. The van der Waals surface area contributed by atoms with Gasteiger partial charge in [0, 0.05) is 12.6 Å². The SMILES string of the molecule is CN(Cc1nc(C(C)(C)N)no1)C1CCOC1. The van der Waals surface area contributed by atoms with Gasteiger partial charge in [-0.3, -0.25) is 4.90 Å². The summed E-state index contributed by atoms with van der Waals surface area (Å²) in [5.74, 6) is 1.15. The fourth-order valence-corrected chi connectivity index (χ4v) is 1.79. The van der Waals surface area contributed by atoms with Gasteiger partial charge in [0.25, 0.3) is 0 Å². The fraction of sp³-hybridized carbons (Fsp3) is 0.818. The average Bonchev–Trinajstić information content (AvgIpc) is 2.85. The molecule has 0 aromatic carbocycles. The van der Waals surface area contributed by atoms with Crippen LogP contribution in [0.1, 0.15) is 32.0 Å². The van der Waals surface area contributed by atoms with Gasteiger partial charge in [-0.1, -0.05) is 5.16 Å². The summed E-state index contributed by atoms with van der Waals surface area (Å²) in [4.78, 5) is 6.48. The largest absolute Gasteiger partial charge is 0.380 e. The van der Waals surface area contributed by atoms with Gasteiger partial charge in [-0.05, 0) is 27.3 Å². The zero-order chi connectivity index (χ0) is 12.5. The molecule has 6 heteroatoms. The van der Waals surface area contributed by atoms with Gasteiger partial charge in [-0.15, -0.1) is 0 Å². The average molecular weight is 240 g/mol. The molecule has 17 heavy (non-hydrogen) atoms. The van der Waals surface area contributed by atoms with E-state index in [-0.39, 0.29) is 0 Å². The lowest BCUT2D eigenvalue weighted by atomic mass is 10.1. The van der Waals surface area contributed by atoms with E-state index < -0.39 is 5.54 Å². The molecule has 1 fully saturated rings. The number of hydrogen-bond acceptors (Lipinski definition) is 6. The van der Waals surface area contributed by atoms with Crippen LogP contribution < -0.4 is 5.73 Å². The minimum Gasteiger partial charge on any atom is -0.380 e. The molecular weight excluding hydrogens is 220 g/mol. The molecule has 1 aliphatic heterocycles. The van der Waals surface area contributed by atoms with Gasteiger partial charge < -0.3 is 15.0 Å². The molecular formula is C11H20N4O2. The lowest BCUT2D eigenvalue weighted by Crippen LogP contribution is -2.32. The summed E-state index contributed by atoms with van der Waals surface area (Å²) in [5, 5.41) is 3.90. The molecule has 2 rings (SSSR count). The normalized spacial score (nSPS) is 21.4. The second-order valence-corrected chi connectivity index (χ2v) is 5.17. The first-order valence-electron chi connectivity index (χ1n) is 5.87. The highest BCUT2D eigenvalue weighted by molar-refractivity contribution is 4.99. The monoisotopic (exact) mass is 240 g/mol. The summed E-state index contributed by atoms with van der Waals surface area (Å²) < 4.78 is 10.5. The lowest BCUT2D eigenvalue weighted by molar-refractivity contribution is 0.148.